The van der Waals surface area contributed by atoms with E-state index in [1.165, 1.54) is 19.4 Å². The molecule has 2 aliphatic rings. The third-order valence-corrected chi connectivity index (χ3v) is 7.09. The topological polar surface area (TPSA) is 127 Å². The Morgan fingerprint density at radius 3 is 2.78 bits per heavy atom. The van der Waals surface area contributed by atoms with E-state index < -0.39 is 11.7 Å². The molecule has 1 saturated heterocycles. The maximum atomic E-state index is 15.1. The summed E-state index contributed by atoms with van der Waals surface area (Å²) < 4.78 is 32.2. The first kappa shape index (κ1) is 28.4. The van der Waals surface area contributed by atoms with Crippen LogP contribution in [-0.4, -0.2) is 72.6 Å². The molecule has 1 aromatic heterocycles. The summed E-state index contributed by atoms with van der Waals surface area (Å²) in [4.78, 5) is 36.3. The molecule has 13 heteroatoms. The summed E-state index contributed by atoms with van der Waals surface area (Å²) >= 11 is 6.31. The number of rotatable bonds is 7. The summed E-state index contributed by atoms with van der Waals surface area (Å²) in [5, 5.41) is 8.72. The number of benzene rings is 2. The van der Waals surface area contributed by atoms with Crippen LogP contribution in [0.4, 0.5) is 16.0 Å². The van der Waals surface area contributed by atoms with Crippen molar-refractivity contribution >= 4 is 35.1 Å². The molecule has 11 nitrogen and oxygen atoms in total. The highest BCUT2D eigenvalue weighted by Gasteiger charge is 2.26. The predicted octanol–water partition coefficient (Wildman–Crippen LogP) is 4.15. The number of ether oxygens (including phenoxy) is 3. The minimum absolute atomic E-state index is 0.0157. The number of halogens is 2. The molecule has 5 rings (SSSR count). The number of anilines is 2. The second kappa shape index (κ2) is 12.1. The van der Waals surface area contributed by atoms with Crippen molar-refractivity contribution in [2.45, 2.75) is 31.8 Å². The van der Waals surface area contributed by atoms with E-state index in [1.807, 2.05) is 14.0 Å². The second-order valence-electron chi connectivity index (χ2n) is 9.97. The van der Waals surface area contributed by atoms with E-state index in [0.717, 1.165) is 32.0 Å². The molecule has 1 fully saturated rings. The van der Waals surface area contributed by atoms with Crippen molar-refractivity contribution in [3.63, 3.8) is 0 Å². The summed E-state index contributed by atoms with van der Waals surface area (Å²) in [5.41, 5.74) is 0.260. The van der Waals surface area contributed by atoms with Crippen molar-refractivity contribution in [3.8, 4) is 23.1 Å². The van der Waals surface area contributed by atoms with Crippen LogP contribution in [0, 0.1) is 5.82 Å². The van der Waals surface area contributed by atoms with Gasteiger partial charge in [0, 0.05) is 12.1 Å². The van der Waals surface area contributed by atoms with E-state index in [1.54, 1.807) is 18.2 Å². The summed E-state index contributed by atoms with van der Waals surface area (Å²) in [6.45, 7) is 3.86. The molecule has 3 N–H and O–H groups in total. The summed E-state index contributed by atoms with van der Waals surface area (Å²) in [6.07, 6.45) is 2.89. The first-order valence-electron chi connectivity index (χ1n) is 13.1. The van der Waals surface area contributed by atoms with Crippen LogP contribution in [0.5, 0.6) is 23.1 Å². The third-order valence-electron chi connectivity index (χ3n) is 6.83. The van der Waals surface area contributed by atoms with Crippen molar-refractivity contribution in [2.24, 2.45) is 0 Å². The van der Waals surface area contributed by atoms with Crippen molar-refractivity contribution in [1.29, 1.82) is 0 Å². The Balaban J connectivity index is 1.36. The van der Waals surface area contributed by atoms with Gasteiger partial charge in [0.25, 0.3) is 11.8 Å². The zero-order valence-electron chi connectivity index (χ0n) is 22.8. The molecule has 0 bridgehead atoms. The van der Waals surface area contributed by atoms with Gasteiger partial charge in [-0.25, -0.2) is 9.37 Å². The number of aromatic nitrogens is 2. The van der Waals surface area contributed by atoms with Crippen LogP contribution < -0.4 is 30.2 Å². The number of likely N-dealkylation sites (tertiary alicyclic amines) is 1. The van der Waals surface area contributed by atoms with Gasteiger partial charge in [0.1, 0.15) is 40.3 Å². The van der Waals surface area contributed by atoms with Crippen LogP contribution in [0.25, 0.3) is 0 Å². The Hall–Kier alpha value is -4.16. The van der Waals surface area contributed by atoms with Gasteiger partial charge in [0.2, 0.25) is 11.8 Å². The zero-order chi connectivity index (χ0) is 29.1. The molecule has 3 heterocycles. The lowest BCUT2D eigenvalue weighted by Gasteiger charge is -2.29. The average molecular weight is 585 g/mol. The lowest BCUT2D eigenvalue weighted by molar-refractivity contribution is 0.0910. The minimum atomic E-state index is -0.739. The first-order valence-corrected chi connectivity index (χ1v) is 13.5. The maximum absolute atomic E-state index is 15.1. The molecule has 1 unspecified atom stereocenters. The number of nitrogens with zero attached hydrogens (tertiary/aromatic N) is 3. The Kier molecular flexibility index (Phi) is 8.41. The van der Waals surface area contributed by atoms with Gasteiger partial charge in [-0.1, -0.05) is 17.7 Å². The van der Waals surface area contributed by atoms with Gasteiger partial charge in [-0.15, -0.1) is 0 Å². The maximum Gasteiger partial charge on any atom is 0.259 e. The molecule has 3 aromatic rings. The number of carbonyl (C=O) groups is 2. The summed E-state index contributed by atoms with van der Waals surface area (Å²) in [7, 11) is 3.43. The van der Waals surface area contributed by atoms with Gasteiger partial charge in [0.15, 0.2) is 0 Å². The monoisotopic (exact) mass is 584 g/mol. The normalized spacial score (nSPS) is 17.5. The third kappa shape index (κ3) is 6.44. The van der Waals surface area contributed by atoms with Crippen LogP contribution in [-0.2, 0) is 0 Å². The summed E-state index contributed by atoms with van der Waals surface area (Å²) in [5.74, 6) is -0.877. The Morgan fingerprint density at radius 2 is 2.02 bits per heavy atom. The van der Waals surface area contributed by atoms with Crippen molar-refractivity contribution < 1.29 is 28.2 Å². The van der Waals surface area contributed by atoms with Gasteiger partial charge >= 0.3 is 0 Å². The molecule has 0 spiro atoms. The van der Waals surface area contributed by atoms with Gasteiger partial charge in [0.05, 0.1) is 30.6 Å². The number of methoxy groups -OCH3 is 1. The minimum Gasteiger partial charge on any atom is -0.495 e. The predicted molar refractivity (Wildman–Crippen MR) is 150 cm³/mol. The van der Waals surface area contributed by atoms with Crippen molar-refractivity contribution in [2.75, 3.05) is 39.2 Å². The van der Waals surface area contributed by atoms with Crippen LogP contribution in [0.3, 0.4) is 0 Å². The highest BCUT2D eigenvalue weighted by molar-refractivity contribution is 6.31. The molecule has 0 radical (unpaired) electrons. The number of piperidine rings is 1. The number of hydrogen-bond acceptors (Lipinski definition) is 9. The quantitative estimate of drug-likeness (QED) is 0.375. The fraction of sp³-hybridized carbons (Fsp3) is 0.357. The largest absolute Gasteiger partial charge is 0.495 e. The fourth-order valence-corrected chi connectivity index (χ4v) is 4.74. The van der Waals surface area contributed by atoms with E-state index in [0.29, 0.717) is 12.4 Å². The lowest BCUT2D eigenvalue weighted by Crippen LogP contribution is -2.43. The SMILES string of the molecule is COc1cc(C(=O)NC2CCN(C)CC2)c(F)cc1Nc1ncc(Cl)c(Oc2cccc3c2C(=O)NC(C)CO3)n1. The molecular weight excluding hydrogens is 555 g/mol. The van der Waals surface area contributed by atoms with Gasteiger partial charge in [-0.2, -0.15) is 4.98 Å². The molecule has 2 amide bonds. The molecule has 216 valence electrons. The van der Waals surface area contributed by atoms with Gasteiger partial charge < -0.3 is 35.1 Å². The second-order valence-corrected chi connectivity index (χ2v) is 10.4. The van der Waals surface area contributed by atoms with Gasteiger partial charge in [-0.05, 0) is 58.1 Å². The van der Waals surface area contributed by atoms with Crippen LogP contribution in [0.2, 0.25) is 5.02 Å². The number of hydrogen-bond donors (Lipinski definition) is 3. The molecule has 2 aliphatic heterocycles. The van der Waals surface area contributed by atoms with E-state index in [4.69, 9.17) is 25.8 Å². The Bertz CT molecular complexity index is 1470. The Labute approximate surface area is 241 Å². The highest BCUT2D eigenvalue weighted by atomic mass is 35.5. The average Bonchev–Trinajstić information content (AvgIpc) is 3.09. The van der Waals surface area contributed by atoms with Crippen LogP contribution in [0.1, 0.15) is 40.5 Å². The number of fused-ring (bicyclic) bond motifs is 1. The smallest absolute Gasteiger partial charge is 0.259 e. The van der Waals surface area contributed by atoms with E-state index in [-0.39, 0.29) is 63.2 Å². The van der Waals surface area contributed by atoms with Crippen molar-refractivity contribution in [3.05, 3.63) is 58.5 Å². The zero-order valence-corrected chi connectivity index (χ0v) is 23.5. The van der Waals surface area contributed by atoms with Crippen LogP contribution in [0.15, 0.2) is 36.5 Å². The summed E-state index contributed by atoms with van der Waals surface area (Å²) in [6, 6.07) is 7.20. The number of carbonyl (C=O) groups excluding carboxylic acids is 2. The van der Waals surface area contributed by atoms with E-state index in [9.17, 15) is 9.59 Å². The van der Waals surface area contributed by atoms with Crippen molar-refractivity contribution in [1.82, 2.24) is 25.5 Å². The fourth-order valence-electron chi connectivity index (χ4n) is 4.61. The highest BCUT2D eigenvalue weighted by Crippen LogP contribution is 2.36. The lowest BCUT2D eigenvalue weighted by atomic mass is 10.0. The molecule has 41 heavy (non-hydrogen) atoms. The number of amides is 2. The number of nitrogens with one attached hydrogen (secondary N) is 3. The first-order chi connectivity index (χ1) is 19.7. The van der Waals surface area contributed by atoms with Crippen LogP contribution >= 0.6 is 11.6 Å². The molecular formula is C28H30ClFN6O5. The molecule has 0 aliphatic carbocycles. The molecule has 0 saturated carbocycles. The standard InChI is InChI=1S/C28H30ClFN6O5/c1-15-14-40-21-5-4-6-22(24(21)26(38)32-15)41-27-18(29)13-31-28(35-27)34-20-12-19(30)17(11-23(20)39-3)25(37)33-16-7-9-36(2)10-8-16/h4-6,11-13,15-16H,7-10,14H2,1-3H3,(H,32,38)(H,33,37)(H,31,34,35). The Morgan fingerprint density at radius 1 is 1.24 bits per heavy atom. The van der Waals surface area contributed by atoms with E-state index >= 15 is 4.39 Å². The molecule has 2 aromatic carbocycles. The van der Waals surface area contributed by atoms with Gasteiger partial charge in [-0.3, -0.25) is 9.59 Å². The molecule has 1 atom stereocenters. The van der Waals surface area contributed by atoms with E-state index in [2.05, 4.69) is 30.8 Å².